The summed E-state index contributed by atoms with van der Waals surface area (Å²) >= 11 is 0. The van der Waals surface area contributed by atoms with E-state index in [1.807, 2.05) is 48.5 Å². The van der Waals surface area contributed by atoms with Crippen molar-refractivity contribution in [1.29, 1.82) is 0 Å². The number of primary amides is 1. The van der Waals surface area contributed by atoms with Crippen molar-refractivity contribution in [2.24, 2.45) is 5.73 Å². The van der Waals surface area contributed by atoms with Gasteiger partial charge in [0.25, 0.3) is 6.47 Å². The van der Waals surface area contributed by atoms with Gasteiger partial charge in [0.1, 0.15) is 5.60 Å². The quantitative estimate of drug-likeness (QED) is 0.722. The Kier molecular flexibility index (Phi) is 35.8. The first kappa shape index (κ1) is 26.5. The standard InChI is InChI=1S/C5H10O2.C4H9N.2C2H6.CH3NO/c1-5(2,3)7-4-6;1-2-4-5-3-1;2*1-2;2-1-3/h4H,1-3H3;5H,1-4H2;2*1-2H3;1H,(H2,2,3). The molecule has 1 aliphatic rings. The van der Waals surface area contributed by atoms with Crippen LogP contribution >= 0.6 is 0 Å². The monoisotopic (exact) mass is 278 g/mol. The third-order valence-electron chi connectivity index (χ3n) is 1.36. The molecule has 0 aliphatic carbocycles. The fraction of sp³-hybridized carbons (Fsp3) is 0.857. The highest BCUT2D eigenvalue weighted by molar-refractivity contribution is 5.42. The van der Waals surface area contributed by atoms with Gasteiger partial charge in [0, 0.05) is 0 Å². The molecule has 0 aromatic rings. The first-order chi connectivity index (χ1) is 8.97. The molecule has 0 unspecified atom stereocenters. The van der Waals surface area contributed by atoms with Crippen molar-refractivity contribution in [3.63, 3.8) is 0 Å². The van der Waals surface area contributed by atoms with Gasteiger partial charge in [0.15, 0.2) is 0 Å². The highest BCUT2D eigenvalue weighted by Gasteiger charge is 2.07. The van der Waals surface area contributed by atoms with E-state index < -0.39 is 0 Å². The lowest BCUT2D eigenvalue weighted by Crippen LogP contribution is -2.17. The van der Waals surface area contributed by atoms with Crippen LogP contribution in [0.5, 0.6) is 0 Å². The topological polar surface area (TPSA) is 81.4 Å². The zero-order valence-corrected chi connectivity index (χ0v) is 13.8. The molecule has 5 heteroatoms. The van der Waals surface area contributed by atoms with Crippen molar-refractivity contribution in [1.82, 2.24) is 5.32 Å². The molecule has 1 aliphatic heterocycles. The van der Waals surface area contributed by atoms with Gasteiger partial charge >= 0.3 is 0 Å². The molecular formula is C14H34N2O3. The second-order valence-corrected chi connectivity index (χ2v) is 3.92. The third kappa shape index (κ3) is 60.1. The molecule has 5 nitrogen and oxygen atoms in total. The maximum atomic E-state index is 9.60. The second-order valence-electron chi connectivity index (χ2n) is 3.92. The predicted octanol–water partition coefficient (Wildman–Crippen LogP) is 2.48. The fourth-order valence-electron chi connectivity index (χ4n) is 0.769. The maximum Gasteiger partial charge on any atom is 0.293 e. The van der Waals surface area contributed by atoms with E-state index >= 15 is 0 Å². The summed E-state index contributed by atoms with van der Waals surface area (Å²) in [5.74, 6) is 0. The van der Waals surface area contributed by atoms with Crippen LogP contribution in [-0.4, -0.2) is 31.6 Å². The van der Waals surface area contributed by atoms with Crippen LogP contribution in [0.1, 0.15) is 61.3 Å². The Morgan fingerprint density at radius 2 is 1.32 bits per heavy atom. The van der Waals surface area contributed by atoms with E-state index in [2.05, 4.69) is 15.8 Å². The average molecular weight is 278 g/mol. The van der Waals surface area contributed by atoms with Crippen LogP contribution in [-0.2, 0) is 14.3 Å². The minimum absolute atomic E-state index is 0.250. The normalized spacial score (nSPS) is 11.5. The second kappa shape index (κ2) is 25.7. The van der Waals surface area contributed by atoms with Crippen LogP contribution in [0.3, 0.4) is 0 Å². The van der Waals surface area contributed by atoms with Crippen LogP contribution < -0.4 is 11.1 Å². The average Bonchev–Trinajstić information content (AvgIpc) is 2.92. The lowest BCUT2D eigenvalue weighted by Gasteiger charge is -2.14. The predicted molar refractivity (Wildman–Crippen MR) is 82.0 cm³/mol. The lowest BCUT2D eigenvalue weighted by molar-refractivity contribution is -0.138. The van der Waals surface area contributed by atoms with Crippen molar-refractivity contribution >= 4 is 12.9 Å². The van der Waals surface area contributed by atoms with Crippen molar-refractivity contribution in [3.8, 4) is 0 Å². The van der Waals surface area contributed by atoms with Crippen molar-refractivity contribution in [2.75, 3.05) is 13.1 Å². The first-order valence-electron chi connectivity index (χ1n) is 6.95. The molecule has 1 rings (SSSR count). The van der Waals surface area contributed by atoms with Gasteiger partial charge in [-0.1, -0.05) is 27.7 Å². The van der Waals surface area contributed by atoms with Crippen LogP contribution in [0.2, 0.25) is 0 Å². The number of amides is 1. The minimum atomic E-state index is -0.318. The molecule has 0 spiro atoms. The molecule has 1 amide bonds. The summed E-state index contributed by atoms with van der Waals surface area (Å²) in [5, 5.41) is 3.22. The number of carbonyl (C=O) groups is 2. The molecule has 3 N–H and O–H groups in total. The first-order valence-corrected chi connectivity index (χ1v) is 6.95. The van der Waals surface area contributed by atoms with Crippen LogP contribution in [0.25, 0.3) is 0 Å². The SMILES string of the molecule is C1CCNC1.CC.CC.CC(C)(C)OC=O.NC=O. The Balaban J connectivity index is -0.0000000825. The van der Waals surface area contributed by atoms with E-state index in [9.17, 15) is 4.79 Å². The minimum Gasteiger partial charge on any atom is -0.462 e. The summed E-state index contributed by atoms with van der Waals surface area (Å²) in [4.78, 5) is 18.2. The Morgan fingerprint density at radius 1 is 1.00 bits per heavy atom. The molecule has 1 saturated heterocycles. The molecule has 19 heavy (non-hydrogen) atoms. The molecular weight excluding hydrogens is 244 g/mol. The number of hydrogen-bond donors (Lipinski definition) is 2. The molecule has 118 valence electrons. The molecule has 0 radical (unpaired) electrons. The highest BCUT2D eigenvalue weighted by Crippen LogP contribution is 2.02. The lowest BCUT2D eigenvalue weighted by atomic mass is 10.2. The van der Waals surface area contributed by atoms with Gasteiger partial charge in [0.2, 0.25) is 6.41 Å². The number of rotatable bonds is 1. The van der Waals surface area contributed by atoms with Crippen molar-refractivity contribution < 1.29 is 14.3 Å². The zero-order valence-electron chi connectivity index (χ0n) is 13.8. The third-order valence-corrected chi connectivity index (χ3v) is 1.36. The molecule has 0 saturated carbocycles. The number of carbonyl (C=O) groups excluding carboxylic acids is 2. The number of ether oxygens (including phenoxy) is 1. The summed E-state index contributed by atoms with van der Waals surface area (Å²) in [6.45, 7) is 16.4. The number of nitrogens with one attached hydrogen (secondary N) is 1. The summed E-state index contributed by atoms with van der Waals surface area (Å²) in [6.07, 6.45) is 3.03. The molecule has 0 atom stereocenters. The molecule has 0 bridgehead atoms. The summed E-state index contributed by atoms with van der Waals surface area (Å²) < 4.78 is 4.55. The van der Waals surface area contributed by atoms with Crippen LogP contribution in [0.4, 0.5) is 0 Å². The van der Waals surface area contributed by atoms with E-state index in [-0.39, 0.29) is 12.0 Å². The van der Waals surface area contributed by atoms with E-state index in [0.29, 0.717) is 6.47 Å². The fourth-order valence-corrected chi connectivity index (χ4v) is 0.769. The Labute approximate surface area is 119 Å². The van der Waals surface area contributed by atoms with E-state index in [4.69, 9.17) is 4.79 Å². The van der Waals surface area contributed by atoms with Crippen molar-refractivity contribution in [3.05, 3.63) is 0 Å². The maximum absolute atomic E-state index is 9.60. The number of hydrogen-bond acceptors (Lipinski definition) is 4. The zero-order chi connectivity index (χ0) is 16.2. The Hall–Kier alpha value is -1.10. The summed E-state index contributed by atoms with van der Waals surface area (Å²) in [7, 11) is 0. The molecule has 0 aromatic heterocycles. The van der Waals surface area contributed by atoms with Gasteiger partial charge in [-0.05, 0) is 46.7 Å². The molecule has 0 aromatic carbocycles. The van der Waals surface area contributed by atoms with Gasteiger partial charge < -0.3 is 15.8 Å². The van der Waals surface area contributed by atoms with Crippen LogP contribution in [0, 0.1) is 0 Å². The Morgan fingerprint density at radius 3 is 1.37 bits per heavy atom. The van der Waals surface area contributed by atoms with Gasteiger partial charge in [-0.25, -0.2) is 0 Å². The van der Waals surface area contributed by atoms with Gasteiger partial charge in [-0.3, -0.25) is 9.59 Å². The Bertz CT molecular complexity index is 146. The van der Waals surface area contributed by atoms with Gasteiger partial charge in [0.05, 0.1) is 0 Å². The van der Waals surface area contributed by atoms with E-state index in [1.54, 1.807) is 0 Å². The smallest absolute Gasteiger partial charge is 0.293 e. The molecule has 1 heterocycles. The van der Waals surface area contributed by atoms with Crippen LogP contribution in [0.15, 0.2) is 0 Å². The summed E-state index contributed by atoms with van der Waals surface area (Å²) in [6, 6.07) is 0. The number of nitrogens with two attached hydrogens (primary N) is 1. The van der Waals surface area contributed by atoms with Gasteiger partial charge in [-0.15, -0.1) is 0 Å². The molecule has 1 fully saturated rings. The van der Waals surface area contributed by atoms with Crippen molar-refractivity contribution in [2.45, 2.75) is 66.9 Å². The van der Waals surface area contributed by atoms with Gasteiger partial charge in [-0.2, -0.15) is 0 Å². The highest BCUT2D eigenvalue weighted by atomic mass is 16.5. The van der Waals surface area contributed by atoms with E-state index in [1.165, 1.54) is 25.9 Å². The van der Waals surface area contributed by atoms with E-state index in [0.717, 1.165) is 0 Å². The largest absolute Gasteiger partial charge is 0.462 e. The summed E-state index contributed by atoms with van der Waals surface area (Å²) in [5.41, 5.74) is 3.85.